The summed E-state index contributed by atoms with van der Waals surface area (Å²) >= 11 is 5.78. The second-order valence-corrected chi connectivity index (χ2v) is 3.96. The highest BCUT2D eigenvalue weighted by molar-refractivity contribution is 6.30. The molecule has 7 nitrogen and oxygen atoms in total. The van der Waals surface area contributed by atoms with E-state index >= 15 is 0 Å². The zero-order chi connectivity index (χ0) is 13.1. The van der Waals surface area contributed by atoms with Gasteiger partial charge in [0.25, 0.3) is 5.91 Å². The van der Waals surface area contributed by atoms with E-state index in [9.17, 15) is 4.79 Å². The minimum Gasteiger partial charge on any atom is -0.289 e. The van der Waals surface area contributed by atoms with Crippen LogP contribution in [0.15, 0.2) is 24.3 Å². The van der Waals surface area contributed by atoms with Crippen LogP contribution < -0.4 is 16.7 Å². The summed E-state index contributed by atoms with van der Waals surface area (Å²) in [4.78, 5) is 12.7. The number of amides is 1. The molecule has 0 fully saturated rings. The number of nitrogens with one attached hydrogen (secondary N) is 2. The fraction of sp³-hybridized carbons (Fsp3) is 0.100. The van der Waals surface area contributed by atoms with Crippen LogP contribution in [-0.2, 0) is 0 Å². The molecule has 2 aromatic rings. The molecule has 0 unspecified atom stereocenters. The third-order valence-electron chi connectivity index (χ3n) is 2.32. The molecule has 0 aliphatic carbocycles. The molecule has 18 heavy (non-hydrogen) atoms. The number of anilines is 1. The quantitative estimate of drug-likeness (QED) is 0.432. The molecule has 4 N–H and O–H groups in total. The Morgan fingerprint density at radius 1 is 1.39 bits per heavy atom. The third-order valence-corrected chi connectivity index (χ3v) is 2.57. The average molecular weight is 267 g/mol. The molecule has 0 radical (unpaired) electrons. The maximum atomic E-state index is 11.3. The predicted octanol–water partition coefficient (Wildman–Crippen LogP) is 0.719. The maximum Gasteiger partial charge on any atom is 0.287 e. The highest BCUT2D eigenvalue weighted by Crippen LogP contribution is 2.14. The van der Waals surface area contributed by atoms with Crippen molar-refractivity contribution in [2.45, 2.75) is 6.92 Å². The second-order valence-electron chi connectivity index (χ2n) is 3.53. The van der Waals surface area contributed by atoms with E-state index in [1.54, 1.807) is 31.2 Å². The summed E-state index contributed by atoms with van der Waals surface area (Å²) in [6.45, 7) is 1.70. The lowest BCUT2D eigenvalue weighted by Crippen LogP contribution is -2.31. The largest absolute Gasteiger partial charge is 0.289 e. The number of hydrogen-bond donors (Lipinski definition) is 3. The standard InChI is InChI=1S/C10H11ClN6O/c1-6-9(10(18)13-12)14-16-17(6)15-8-4-2-7(11)3-5-8/h2-5,15H,12H2,1H3,(H,13,18). The lowest BCUT2D eigenvalue weighted by atomic mass is 10.3. The van der Waals surface area contributed by atoms with Gasteiger partial charge in [-0.05, 0) is 36.4 Å². The number of nitrogens with two attached hydrogens (primary N) is 1. The van der Waals surface area contributed by atoms with Gasteiger partial charge in [-0.1, -0.05) is 11.6 Å². The molecule has 1 aromatic heterocycles. The Balaban J connectivity index is 2.22. The highest BCUT2D eigenvalue weighted by Gasteiger charge is 2.15. The Morgan fingerprint density at radius 2 is 2.06 bits per heavy atom. The van der Waals surface area contributed by atoms with Crippen LogP contribution >= 0.6 is 11.6 Å². The van der Waals surface area contributed by atoms with E-state index < -0.39 is 5.91 Å². The minimum absolute atomic E-state index is 0.166. The zero-order valence-electron chi connectivity index (χ0n) is 9.51. The van der Waals surface area contributed by atoms with E-state index in [2.05, 4.69) is 15.7 Å². The van der Waals surface area contributed by atoms with Crippen LogP contribution in [0.1, 0.15) is 16.2 Å². The van der Waals surface area contributed by atoms with Crippen LogP contribution in [0.2, 0.25) is 5.02 Å². The first-order valence-corrected chi connectivity index (χ1v) is 5.45. The van der Waals surface area contributed by atoms with E-state index in [-0.39, 0.29) is 5.69 Å². The number of nitrogen functional groups attached to an aromatic ring is 1. The fourth-order valence-electron chi connectivity index (χ4n) is 1.36. The van der Waals surface area contributed by atoms with E-state index in [0.29, 0.717) is 10.7 Å². The summed E-state index contributed by atoms with van der Waals surface area (Å²) in [6, 6.07) is 7.05. The number of nitrogens with zero attached hydrogens (tertiary/aromatic N) is 3. The number of carbonyl (C=O) groups is 1. The predicted molar refractivity (Wildman–Crippen MR) is 66.9 cm³/mol. The molecule has 0 saturated carbocycles. The summed E-state index contributed by atoms with van der Waals surface area (Å²) in [6.07, 6.45) is 0. The van der Waals surface area contributed by atoms with Gasteiger partial charge in [0.05, 0.1) is 11.4 Å². The van der Waals surface area contributed by atoms with E-state index in [1.165, 1.54) is 4.79 Å². The van der Waals surface area contributed by atoms with E-state index in [0.717, 1.165) is 5.69 Å². The third kappa shape index (κ3) is 2.41. The first kappa shape index (κ1) is 12.3. The summed E-state index contributed by atoms with van der Waals surface area (Å²) < 4.78 is 0. The van der Waals surface area contributed by atoms with Gasteiger partial charge in [0, 0.05) is 5.02 Å². The van der Waals surface area contributed by atoms with Crippen molar-refractivity contribution in [2.24, 2.45) is 5.84 Å². The average Bonchev–Trinajstić information content (AvgIpc) is 2.73. The molecule has 0 aliphatic heterocycles. The van der Waals surface area contributed by atoms with Gasteiger partial charge in [0.1, 0.15) is 0 Å². The number of rotatable bonds is 3. The molecule has 0 aliphatic rings. The normalized spacial score (nSPS) is 10.2. The Labute approximate surface area is 108 Å². The SMILES string of the molecule is Cc1c(C(=O)NN)nnn1Nc1ccc(Cl)cc1. The molecule has 1 heterocycles. The van der Waals surface area contributed by atoms with Gasteiger partial charge in [0.2, 0.25) is 0 Å². The molecular weight excluding hydrogens is 256 g/mol. The van der Waals surface area contributed by atoms with Gasteiger partial charge in [-0.2, -0.15) is 4.79 Å². The summed E-state index contributed by atoms with van der Waals surface area (Å²) in [5.41, 5.74) is 6.45. The van der Waals surface area contributed by atoms with Gasteiger partial charge in [-0.15, -0.1) is 5.10 Å². The van der Waals surface area contributed by atoms with Crippen molar-refractivity contribution in [3.63, 3.8) is 0 Å². The maximum absolute atomic E-state index is 11.3. The Kier molecular flexibility index (Phi) is 3.45. The Hall–Kier alpha value is -2.12. The molecule has 1 amide bonds. The van der Waals surface area contributed by atoms with Gasteiger partial charge in [0.15, 0.2) is 5.69 Å². The number of aromatic nitrogens is 3. The molecule has 8 heteroatoms. The number of carbonyl (C=O) groups excluding carboxylic acids is 1. The number of halogens is 1. The summed E-state index contributed by atoms with van der Waals surface area (Å²) in [5.74, 6) is 4.55. The van der Waals surface area contributed by atoms with Crippen LogP contribution in [0.3, 0.4) is 0 Å². The van der Waals surface area contributed by atoms with Crippen molar-refractivity contribution in [1.82, 2.24) is 20.5 Å². The van der Waals surface area contributed by atoms with Crippen molar-refractivity contribution in [2.75, 3.05) is 5.43 Å². The van der Waals surface area contributed by atoms with Gasteiger partial charge >= 0.3 is 0 Å². The number of benzene rings is 1. The van der Waals surface area contributed by atoms with Gasteiger partial charge in [-0.3, -0.25) is 15.6 Å². The lowest BCUT2D eigenvalue weighted by molar-refractivity contribution is 0.0948. The molecular formula is C10H11ClN6O. The first-order chi connectivity index (χ1) is 8.61. The smallest absolute Gasteiger partial charge is 0.287 e. The fourth-order valence-corrected chi connectivity index (χ4v) is 1.49. The second kappa shape index (κ2) is 5.03. The topological polar surface area (TPSA) is 97.9 Å². The molecule has 0 spiro atoms. The molecule has 1 aromatic carbocycles. The monoisotopic (exact) mass is 266 g/mol. The van der Waals surface area contributed by atoms with Crippen LogP contribution in [-0.4, -0.2) is 21.0 Å². The zero-order valence-corrected chi connectivity index (χ0v) is 10.3. The van der Waals surface area contributed by atoms with Crippen molar-refractivity contribution >= 4 is 23.2 Å². The summed E-state index contributed by atoms with van der Waals surface area (Å²) in [7, 11) is 0. The number of hydrogen-bond acceptors (Lipinski definition) is 5. The first-order valence-electron chi connectivity index (χ1n) is 5.07. The van der Waals surface area contributed by atoms with Crippen molar-refractivity contribution in [3.05, 3.63) is 40.7 Å². The minimum atomic E-state index is -0.489. The van der Waals surface area contributed by atoms with Crippen molar-refractivity contribution in [1.29, 1.82) is 0 Å². The van der Waals surface area contributed by atoms with Gasteiger partial charge < -0.3 is 0 Å². The van der Waals surface area contributed by atoms with Crippen molar-refractivity contribution < 1.29 is 4.79 Å². The van der Waals surface area contributed by atoms with Crippen LogP contribution in [0.4, 0.5) is 5.69 Å². The molecule has 0 saturated heterocycles. The van der Waals surface area contributed by atoms with Gasteiger partial charge in [-0.25, -0.2) is 5.84 Å². The van der Waals surface area contributed by atoms with E-state index in [1.807, 2.05) is 5.43 Å². The molecule has 0 bridgehead atoms. The molecule has 0 atom stereocenters. The Bertz CT molecular complexity index is 564. The van der Waals surface area contributed by atoms with Crippen LogP contribution in [0.5, 0.6) is 0 Å². The van der Waals surface area contributed by atoms with Crippen LogP contribution in [0.25, 0.3) is 0 Å². The van der Waals surface area contributed by atoms with Crippen molar-refractivity contribution in [3.8, 4) is 0 Å². The van der Waals surface area contributed by atoms with Crippen LogP contribution in [0, 0.1) is 6.92 Å². The van der Waals surface area contributed by atoms with E-state index in [4.69, 9.17) is 17.4 Å². The lowest BCUT2D eigenvalue weighted by Gasteiger charge is -2.07. The Morgan fingerprint density at radius 3 is 2.67 bits per heavy atom. The molecule has 2 rings (SSSR count). The summed E-state index contributed by atoms with van der Waals surface area (Å²) in [5, 5.41) is 8.18. The molecule has 94 valence electrons. The number of hydrazine groups is 1. The highest BCUT2D eigenvalue weighted by atomic mass is 35.5.